The molecule has 0 spiro atoms. The minimum absolute atomic E-state index is 0.0911. The SMILES string of the molecule is COc1ccc([C@H](C[NH3+])S(=O)(=O)c2ccc(F)cc2)cc1. The Balaban J connectivity index is 2.41. The van der Waals surface area contributed by atoms with Crippen LogP contribution in [0.15, 0.2) is 53.4 Å². The summed E-state index contributed by atoms with van der Waals surface area (Å²) < 4.78 is 43.3. The first kappa shape index (κ1) is 15.5. The maximum Gasteiger partial charge on any atom is 0.190 e. The highest BCUT2D eigenvalue weighted by Gasteiger charge is 2.29. The number of benzene rings is 2. The summed E-state index contributed by atoms with van der Waals surface area (Å²) in [5, 5.41) is -0.770. The molecule has 6 heteroatoms. The van der Waals surface area contributed by atoms with Gasteiger partial charge in [-0.3, -0.25) is 0 Å². The Morgan fingerprint density at radius 3 is 2.14 bits per heavy atom. The maximum atomic E-state index is 12.9. The van der Waals surface area contributed by atoms with E-state index < -0.39 is 20.9 Å². The lowest BCUT2D eigenvalue weighted by Crippen LogP contribution is -2.54. The lowest BCUT2D eigenvalue weighted by atomic mass is 10.1. The van der Waals surface area contributed by atoms with Crippen LogP contribution in [0.3, 0.4) is 0 Å². The van der Waals surface area contributed by atoms with Crippen LogP contribution in [0.25, 0.3) is 0 Å². The monoisotopic (exact) mass is 310 g/mol. The molecule has 4 nitrogen and oxygen atoms in total. The summed E-state index contributed by atoms with van der Waals surface area (Å²) >= 11 is 0. The average molecular weight is 310 g/mol. The van der Waals surface area contributed by atoms with Crippen LogP contribution in [0.1, 0.15) is 10.8 Å². The molecule has 0 aliphatic rings. The number of methoxy groups -OCH3 is 1. The molecule has 21 heavy (non-hydrogen) atoms. The maximum absolute atomic E-state index is 12.9. The van der Waals surface area contributed by atoms with Crippen LogP contribution in [0, 0.1) is 5.82 Å². The molecule has 0 saturated carbocycles. The van der Waals surface area contributed by atoms with E-state index in [2.05, 4.69) is 5.73 Å². The van der Waals surface area contributed by atoms with Gasteiger partial charge in [-0.2, -0.15) is 0 Å². The Labute approximate surface area is 123 Å². The van der Waals surface area contributed by atoms with Gasteiger partial charge in [-0.05, 0) is 42.0 Å². The van der Waals surface area contributed by atoms with Gasteiger partial charge in [0.1, 0.15) is 16.8 Å². The van der Waals surface area contributed by atoms with Gasteiger partial charge in [0.25, 0.3) is 0 Å². The van der Waals surface area contributed by atoms with E-state index in [9.17, 15) is 12.8 Å². The first-order valence-corrected chi connectivity index (χ1v) is 7.96. The van der Waals surface area contributed by atoms with Crippen molar-refractivity contribution in [1.29, 1.82) is 0 Å². The summed E-state index contributed by atoms with van der Waals surface area (Å²) in [7, 11) is -2.07. The first-order valence-electron chi connectivity index (χ1n) is 6.41. The van der Waals surface area contributed by atoms with Gasteiger partial charge in [0.05, 0.1) is 18.6 Å². The van der Waals surface area contributed by atoms with E-state index in [-0.39, 0.29) is 11.4 Å². The van der Waals surface area contributed by atoms with Gasteiger partial charge in [-0.25, -0.2) is 12.8 Å². The van der Waals surface area contributed by atoms with Gasteiger partial charge in [0.15, 0.2) is 9.84 Å². The van der Waals surface area contributed by atoms with Gasteiger partial charge in [0, 0.05) is 0 Å². The fraction of sp³-hybridized carbons (Fsp3) is 0.200. The molecule has 0 heterocycles. The van der Waals surface area contributed by atoms with Crippen LogP contribution in [0.2, 0.25) is 0 Å². The van der Waals surface area contributed by atoms with Crippen LogP contribution in [0.5, 0.6) is 5.75 Å². The lowest BCUT2D eigenvalue weighted by molar-refractivity contribution is -0.367. The summed E-state index contributed by atoms with van der Waals surface area (Å²) in [4.78, 5) is 0.0911. The molecule has 2 aromatic carbocycles. The number of hydrogen-bond donors (Lipinski definition) is 1. The molecule has 0 aromatic heterocycles. The summed E-state index contributed by atoms with van der Waals surface area (Å²) in [6.07, 6.45) is 0. The van der Waals surface area contributed by atoms with E-state index in [0.29, 0.717) is 11.3 Å². The van der Waals surface area contributed by atoms with Gasteiger partial charge in [0.2, 0.25) is 0 Å². The number of ether oxygens (including phenoxy) is 1. The molecule has 0 bridgehead atoms. The summed E-state index contributed by atoms with van der Waals surface area (Å²) in [5.74, 6) is 0.185. The fourth-order valence-corrected chi connectivity index (χ4v) is 3.78. The van der Waals surface area contributed by atoms with Crippen LogP contribution in [-0.2, 0) is 9.84 Å². The molecule has 0 radical (unpaired) electrons. The third kappa shape index (κ3) is 3.22. The Morgan fingerprint density at radius 1 is 1.10 bits per heavy atom. The second-order valence-electron chi connectivity index (χ2n) is 4.55. The largest absolute Gasteiger partial charge is 0.497 e. The molecule has 0 aliphatic carbocycles. The molecule has 1 atom stereocenters. The molecule has 2 rings (SSSR count). The normalized spacial score (nSPS) is 12.9. The van der Waals surface area contributed by atoms with Crippen molar-refractivity contribution in [2.45, 2.75) is 10.1 Å². The van der Waals surface area contributed by atoms with Crippen molar-refractivity contribution in [3.05, 3.63) is 59.9 Å². The fourth-order valence-electron chi connectivity index (χ4n) is 2.11. The summed E-state index contributed by atoms with van der Waals surface area (Å²) in [6.45, 7) is 0.187. The number of quaternary nitrogens is 1. The van der Waals surface area contributed by atoms with Gasteiger partial charge in [-0.1, -0.05) is 12.1 Å². The molecule has 112 valence electrons. The topological polar surface area (TPSA) is 71.0 Å². The first-order chi connectivity index (χ1) is 9.98. The van der Waals surface area contributed by atoms with Crippen molar-refractivity contribution in [1.82, 2.24) is 0 Å². The van der Waals surface area contributed by atoms with E-state index in [1.54, 1.807) is 31.4 Å². The van der Waals surface area contributed by atoms with E-state index in [1.165, 1.54) is 12.1 Å². The molecule has 0 aliphatic heterocycles. The molecule has 0 fully saturated rings. The van der Waals surface area contributed by atoms with Crippen molar-refractivity contribution >= 4 is 9.84 Å². The second kappa shape index (κ2) is 6.24. The molecule has 2 aromatic rings. The van der Waals surface area contributed by atoms with Crippen molar-refractivity contribution in [3.8, 4) is 5.75 Å². The van der Waals surface area contributed by atoms with Crippen LogP contribution in [-0.4, -0.2) is 22.1 Å². The van der Waals surface area contributed by atoms with E-state index in [0.717, 1.165) is 12.1 Å². The predicted octanol–water partition coefficient (Wildman–Crippen LogP) is 1.59. The zero-order chi connectivity index (χ0) is 15.5. The van der Waals surface area contributed by atoms with Gasteiger partial charge >= 0.3 is 0 Å². The van der Waals surface area contributed by atoms with Gasteiger partial charge < -0.3 is 10.5 Å². The zero-order valence-electron chi connectivity index (χ0n) is 11.6. The molecular formula is C15H17FNO3S+. The highest BCUT2D eigenvalue weighted by molar-refractivity contribution is 7.91. The van der Waals surface area contributed by atoms with Crippen molar-refractivity contribution in [2.75, 3.05) is 13.7 Å². The Morgan fingerprint density at radius 2 is 1.67 bits per heavy atom. The minimum Gasteiger partial charge on any atom is -0.497 e. The second-order valence-corrected chi connectivity index (χ2v) is 6.68. The van der Waals surface area contributed by atoms with Crippen LogP contribution >= 0.6 is 0 Å². The van der Waals surface area contributed by atoms with Crippen molar-refractivity contribution in [3.63, 3.8) is 0 Å². The van der Waals surface area contributed by atoms with Crippen LogP contribution in [0.4, 0.5) is 4.39 Å². The molecule has 3 N–H and O–H groups in total. The van der Waals surface area contributed by atoms with E-state index in [1.807, 2.05) is 0 Å². The Hall–Kier alpha value is -1.92. The Kier molecular flexibility index (Phi) is 4.59. The summed E-state index contributed by atoms with van der Waals surface area (Å²) in [5.41, 5.74) is 4.36. The quantitative estimate of drug-likeness (QED) is 0.853. The Bertz CT molecular complexity index is 697. The molecule has 0 amide bonds. The van der Waals surface area contributed by atoms with E-state index >= 15 is 0 Å². The molecule has 0 unspecified atom stereocenters. The summed E-state index contributed by atoms with van der Waals surface area (Å²) in [6, 6.07) is 11.7. The molecular weight excluding hydrogens is 293 g/mol. The highest BCUT2D eigenvalue weighted by atomic mass is 32.2. The standard InChI is InChI=1S/C15H16FNO3S/c1-20-13-6-2-11(3-7-13)15(10-17)21(18,19)14-8-4-12(16)5-9-14/h2-9,15H,10,17H2,1H3/p+1/t15-/m0/s1. The zero-order valence-corrected chi connectivity index (χ0v) is 12.4. The number of halogens is 1. The minimum atomic E-state index is -3.61. The van der Waals surface area contributed by atoms with Crippen LogP contribution < -0.4 is 10.5 Å². The third-order valence-corrected chi connectivity index (χ3v) is 5.45. The van der Waals surface area contributed by atoms with E-state index in [4.69, 9.17) is 4.74 Å². The highest BCUT2D eigenvalue weighted by Crippen LogP contribution is 2.29. The smallest absolute Gasteiger partial charge is 0.190 e. The number of rotatable bonds is 5. The van der Waals surface area contributed by atoms with Gasteiger partial charge in [-0.15, -0.1) is 0 Å². The average Bonchev–Trinajstić information content (AvgIpc) is 2.49. The lowest BCUT2D eigenvalue weighted by Gasteiger charge is -2.15. The predicted molar refractivity (Wildman–Crippen MR) is 77.1 cm³/mol. The number of hydrogen-bond acceptors (Lipinski definition) is 3. The van der Waals surface area contributed by atoms with Crippen molar-refractivity contribution in [2.24, 2.45) is 0 Å². The van der Waals surface area contributed by atoms with Crippen molar-refractivity contribution < 1.29 is 23.3 Å². The molecule has 0 saturated heterocycles. The third-order valence-electron chi connectivity index (χ3n) is 3.27. The number of sulfone groups is 1.